The molecule has 3 N–H and O–H groups in total. The maximum Gasteiger partial charge on any atom is 0.286 e. The summed E-state index contributed by atoms with van der Waals surface area (Å²) in [7, 11) is 0. The van der Waals surface area contributed by atoms with Crippen LogP contribution in [0.5, 0.6) is 5.75 Å². The molecule has 23 heavy (non-hydrogen) atoms. The highest BCUT2D eigenvalue weighted by Crippen LogP contribution is 2.12. The summed E-state index contributed by atoms with van der Waals surface area (Å²) in [6, 6.07) is 12.0. The Bertz CT molecular complexity index is 728. The second-order valence-corrected chi connectivity index (χ2v) is 4.38. The third-order valence-corrected chi connectivity index (χ3v) is 2.75. The molecule has 0 fully saturated rings. The summed E-state index contributed by atoms with van der Waals surface area (Å²) in [5.41, 5.74) is 5.68. The van der Waals surface area contributed by atoms with Gasteiger partial charge in [0.05, 0.1) is 0 Å². The van der Waals surface area contributed by atoms with E-state index in [4.69, 9.17) is 10.00 Å². The van der Waals surface area contributed by atoms with Crippen molar-refractivity contribution in [3.63, 3.8) is 0 Å². The zero-order valence-corrected chi connectivity index (χ0v) is 12.1. The lowest BCUT2D eigenvalue weighted by Crippen LogP contribution is -2.40. The zero-order valence-electron chi connectivity index (χ0n) is 12.1. The van der Waals surface area contributed by atoms with Crippen LogP contribution in [0.4, 0.5) is 0 Å². The van der Waals surface area contributed by atoms with Crippen molar-refractivity contribution in [2.45, 2.75) is 0 Å². The molecule has 0 radical (unpaired) electrons. The molecule has 1 aromatic carbocycles. The number of nitriles is 1. The Balaban J connectivity index is 1.81. The number of hydrogen-bond donors (Lipinski definition) is 3. The van der Waals surface area contributed by atoms with Crippen molar-refractivity contribution in [3.05, 3.63) is 59.9 Å². The molecule has 1 heterocycles. The van der Waals surface area contributed by atoms with E-state index in [1.54, 1.807) is 48.7 Å². The number of ether oxygens (including phenoxy) is 1. The van der Waals surface area contributed by atoms with Gasteiger partial charge in [0.1, 0.15) is 17.5 Å². The Morgan fingerprint density at radius 1 is 1.22 bits per heavy atom. The van der Waals surface area contributed by atoms with E-state index in [1.807, 2.05) is 6.07 Å². The molecule has 7 heteroatoms. The Kier molecular flexibility index (Phi) is 5.54. The minimum absolute atomic E-state index is 0.0158. The van der Waals surface area contributed by atoms with Crippen LogP contribution >= 0.6 is 0 Å². The lowest BCUT2D eigenvalue weighted by Gasteiger charge is -2.03. The first-order valence-corrected chi connectivity index (χ1v) is 6.70. The van der Waals surface area contributed by atoms with E-state index in [0.29, 0.717) is 11.4 Å². The van der Waals surface area contributed by atoms with E-state index in [0.717, 1.165) is 5.56 Å². The number of aromatic nitrogens is 1. The minimum atomic E-state index is -0.463. The van der Waals surface area contributed by atoms with Crippen LogP contribution in [0.3, 0.4) is 0 Å². The summed E-state index contributed by atoms with van der Waals surface area (Å²) in [4.78, 5) is 25.9. The number of carbonyl (C=O) groups excluding carboxylic acids is 2. The van der Waals surface area contributed by atoms with Crippen LogP contribution in [0, 0.1) is 11.3 Å². The molecule has 2 amide bonds. The molecular formula is C16H14N4O3. The predicted octanol–water partition coefficient (Wildman–Crippen LogP) is 1.39. The van der Waals surface area contributed by atoms with Crippen molar-refractivity contribution in [2.75, 3.05) is 6.61 Å². The first-order valence-electron chi connectivity index (χ1n) is 6.70. The van der Waals surface area contributed by atoms with Crippen molar-refractivity contribution in [3.8, 4) is 11.8 Å². The number of benzene rings is 1. The summed E-state index contributed by atoms with van der Waals surface area (Å²) >= 11 is 0. The highest BCUT2D eigenvalue weighted by atomic mass is 16.5. The van der Waals surface area contributed by atoms with E-state index < -0.39 is 11.8 Å². The maximum atomic E-state index is 11.6. The van der Waals surface area contributed by atoms with Crippen LogP contribution in [0.15, 0.2) is 48.7 Å². The van der Waals surface area contributed by atoms with Gasteiger partial charge in [-0.2, -0.15) is 5.26 Å². The van der Waals surface area contributed by atoms with Gasteiger partial charge >= 0.3 is 0 Å². The van der Waals surface area contributed by atoms with Crippen molar-refractivity contribution < 1.29 is 14.3 Å². The van der Waals surface area contributed by atoms with Gasteiger partial charge in [-0.05, 0) is 35.9 Å². The van der Waals surface area contributed by atoms with Gasteiger partial charge in [0.2, 0.25) is 0 Å². The van der Waals surface area contributed by atoms with Crippen LogP contribution < -0.4 is 15.6 Å². The molecular weight excluding hydrogens is 296 g/mol. The average Bonchev–Trinajstić information content (AvgIpc) is 3.11. The first-order chi connectivity index (χ1) is 11.2. The summed E-state index contributed by atoms with van der Waals surface area (Å²) < 4.78 is 5.12. The molecule has 0 aliphatic heterocycles. The van der Waals surface area contributed by atoms with Crippen molar-refractivity contribution >= 4 is 17.9 Å². The van der Waals surface area contributed by atoms with Gasteiger partial charge in [-0.3, -0.25) is 20.4 Å². The quantitative estimate of drug-likeness (QED) is 0.573. The number of aromatic amines is 1. The van der Waals surface area contributed by atoms with Gasteiger partial charge in [-0.15, -0.1) is 0 Å². The summed E-state index contributed by atoms with van der Waals surface area (Å²) in [6.07, 6.45) is 4.49. The fraction of sp³-hybridized carbons (Fsp3) is 0.0625. The number of amides is 2. The standard InChI is InChI=1S/C16H14N4O3/c17-9-11-23-13-6-3-12(4-7-13)5-8-15(21)19-20-16(22)14-2-1-10-18-14/h1-8,10,18H,11H2,(H,19,21)(H,20,22)/b8-5+. The Hall–Kier alpha value is -3.53. The lowest BCUT2D eigenvalue weighted by atomic mass is 10.2. The van der Waals surface area contributed by atoms with Gasteiger partial charge in [0.15, 0.2) is 6.61 Å². The molecule has 0 aliphatic carbocycles. The Morgan fingerprint density at radius 3 is 2.65 bits per heavy atom. The number of hydrogen-bond acceptors (Lipinski definition) is 4. The largest absolute Gasteiger partial charge is 0.479 e. The summed E-state index contributed by atoms with van der Waals surface area (Å²) in [5.74, 6) is -0.322. The number of rotatable bonds is 5. The summed E-state index contributed by atoms with van der Waals surface area (Å²) in [6.45, 7) is -0.0158. The van der Waals surface area contributed by atoms with Crippen LogP contribution in [-0.4, -0.2) is 23.4 Å². The molecule has 0 aliphatic rings. The molecule has 0 saturated carbocycles. The zero-order chi connectivity index (χ0) is 16.5. The number of carbonyl (C=O) groups is 2. The molecule has 116 valence electrons. The molecule has 7 nitrogen and oxygen atoms in total. The van der Waals surface area contributed by atoms with Crippen LogP contribution in [0.25, 0.3) is 6.08 Å². The molecule has 0 saturated heterocycles. The monoisotopic (exact) mass is 310 g/mol. The van der Waals surface area contributed by atoms with Gasteiger partial charge in [0, 0.05) is 12.3 Å². The average molecular weight is 310 g/mol. The van der Waals surface area contributed by atoms with Gasteiger partial charge in [0.25, 0.3) is 11.8 Å². The minimum Gasteiger partial charge on any atom is -0.479 e. The van der Waals surface area contributed by atoms with Crippen molar-refractivity contribution in [1.29, 1.82) is 5.26 Å². The highest BCUT2D eigenvalue weighted by molar-refractivity contribution is 5.96. The fourth-order valence-electron chi connectivity index (χ4n) is 1.66. The van der Waals surface area contributed by atoms with Gasteiger partial charge in [-0.25, -0.2) is 0 Å². The van der Waals surface area contributed by atoms with Gasteiger partial charge in [-0.1, -0.05) is 12.1 Å². The van der Waals surface area contributed by atoms with E-state index >= 15 is 0 Å². The molecule has 0 spiro atoms. The van der Waals surface area contributed by atoms with E-state index in [2.05, 4.69) is 15.8 Å². The third kappa shape index (κ3) is 5.06. The second kappa shape index (κ2) is 8.05. The molecule has 0 atom stereocenters. The number of H-pyrrole nitrogens is 1. The Morgan fingerprint density at radius 2 is 2.00 bits per heavy atom. The fourth-order valence-corrected chi connectivity index (χ4v) is 1.66. The first kappa shape index (κ1) is 15.9. The molecule has 1 aromatic heterocycles. The second-order valence-electron chi connectivity index (χ2n) is 4.38. The van der Waals surface area contributed by atoms with Crippen molar-refractivity contribution in [2.24, 2.45) is 0 Å². The number of nitrogens with one attached hydrogen (secondary N) is 3. The lowest BCUT2D eigenvalue weighted by molar-refractivity contribution is -0.117. The smallest absolute Gasteiger partial charge is 0.286 e. The molecule has 2 rings (SSSR count). The van der Waals surface area contributed by atoms with E-state index in [1.165, 1.54) is 6.08 Å². The number of hydrazine groups is 1. The van der Waals surface area contributed by atoms with Gasteiger partial charge < -0.3 is 9.72 Å². The van der Waals surface area contributed by atoms with Crippen molar-refractivity contribution in [1.82, 2.24) is 15.8 Å². The topological polar surface area (TPSA) is 107 Å². The van der Waals surface area contributed by atoms with E-state index in [9.17, 15) is 9.59 Å². The van der Waals surface area contributed by atoms with Crippen LogP contribution in [0.1, 0.15) is 16.1 Å². The molecule has 0 unspecified atom stereocenters. The van der Waals surface area contributed by atoms with Crippen LogP contribution in [0.2, 0.25) is 0 Å². The van der Waals surface area contributed by atoms with Crippen LogP contribution in [-0.2, 0) is 4.79 Å². The molecule has 2 aromatic rings. The maximum absolute atomic E-state index is 11.6. The molecule has 0 bridgehead atoms. The highest BCUT2D eigenvalue weighted by Gasteiger charge is 2.05. The predicted molar refractivity (Wildman–Crippen MR) is 83.0 cm³/mol. The summed E-state index contributed by atoms with van der Waals surface area (Å²) in [5, 5.41) is 8.41. The third-order valence-electron chi connectivity index (χ3n) is 2.75. The number of nitrogens with zero attached hydrogens (tertiary/aromatic N) is 1. The SMILES string of the molecule is N#CCOc1ccc(/C=C/C(=O)NNC(=O)c2ccc[nH]2)cc1. The Labute approximate surface area is 132 Å². The van der Waals surface area contributed by atoms with E-state index in [-0.39, 0.29) is 6.61 Å². The normalized spacial score (nSPS) is 10.0.